The number of aliphatic carboxylic acids is 2. The van der Waals surface area contributed by atoms with Crippen LogP contribution >= 0.6 is 24.0 Å². The molecule has 2 rings (SSSR count). The molecule has 0 spiro atoms. The molecule has 8 nitrogen and oxygen atoms in total. The Kier molecular flexibility index (Phi) is 7.03. The standard InChI is InChI=1S/C18H20N2O6S2/c1-3-19(4-2)11-6-5-10(13(21)8-11)7-14-16(24)20(18(27)28-14)12(17(25)26)9-15(22)23/h5-8,12,21H,3-4,9H2,1-2H3,(H,22,23)(H,25,26)/b14-7-. The monoisotopic (exact) mass is 424 g/mol. The molecule has 1 atom stereocenters. The van der Waals surface area contributed by atoms with Crippen LogP contribution in [0, 0.1) is 0 Å². The highest BCUT2D eigenvalue weighted by Gasteiger charge is 2.41. The fourth-order valence-electron chi connectivity index (χ4n) is 2.78. The van der Waals surface area contributed by atoms with Crippen LogP contribution in [0.4, 0.5) is 5.69 Å². The third-order valence-electron chi connectivity index (χ3n) is 4.22. The van der Waals surface area contributed by atoms with Crippen molar-refractivity contribution in [2.24, 2.45) is 0 Å². The zero-order valence-corrected chi connectivity index (χ0v) is 16.9. The van der Waals surface area contributed by atoms with Crippen molar-refractivity contribution in [2.75, 3.05) is 18.0 Å². The van der Waals surface area contributed by atoms with Crippen molar-refractivity contribution in [3.63, 3.8) is 0 Å². The molecule has 150 valence electrons. The number of aromatic hydroxyl groups is 1. The zero-order chi connectivity index (χ0) is 21.0. The number of thiocarbonyl (C=S) groups is 1. The molecule has 1 aromatic carbocycles. The lowest BCUT2D eigenvalue weighted by Crippen LogP contribution is -2.45. The molecule has 1 aliphatic rings. The average molecular weight is 425 g/mol. The first kappa shape index (κ1) is 21.7. The highest BCUT2D eigenvalue weighted by Crippen LogP contribution is 2.36. The van der Waals surface area contributed by atoms with Crippen LogP contribution in [0.3, 0.4) is 0 Å². The summed E-state index contributed by atoms with van der Waals surface area (Å²) in [4.78, 5) is 37.9. The molecule has 1 fully saturated rings. The fraction of sp³-hybridized carbons (Fsp3) is 0.333. The molecule has 3 N–H and O–H groups in total. The van der Waals surface area contributed by atoms with E-state index in [1.165, 1.54) is 6.08 Å². The average Bonchev–Trinajstić information content (AvgIpc) is 2.89. The Morgan fingerprint density at radius 3 is 2.43 bits per heavy atom. The quantitative estimate of drug-likeness (QED) is 0.427. The van der Waals surface area contributed by atoms with Gasteiger partial charge in [-0.3, -0.25) is 14.5 Å². The maximum Gasteiger partial charge on any atom is 0.327 e. The summed E-state index contributed by atoms with van der Waals surface area (Å²) in [6, 6.07) is 3.46. The van der Waals surface area contributed by atoms with E-state index in [9.17, 15) is 24.6 Å². The molecule has 1 aliphatic heterocycles. The lowest BCUT2D eigenvalue weighted by atomic mass is 10.1. The van der Waals surface area contributed by atoms with Gasteiger partial charge < -0.3 is 20.2 Å². The van der Waals surface area contributed by atoms with Crippen LogP contribution < -0.4 is 4.90 Å². The molecule has 1 heterocycles. The van der Waals surface area contributed by atoms with E-state index in [0.717, 1.165) is 35.4 Å². The smallest absolute Gasteiger partial charge is 0.327 e. The topological polar surface area (TPSA) is 118 Å². The van der Waals surface area contributed by atoms with Crippen molar-refractivity contribution in [3.8, 4) is 5.75 Å². The maximum atomic E-state index is 12.6. The number of anilines is 1. The molecule has 10 heteroatoms. The molecule has 0 aliphatic carbocycles. The predicted octanol–water partition coefficient (Wildman–Crippen LogP) is 2.37. The number of hydrogen-bond donors (Lipinski definition) is 3. The second-order valence-corrected chi connectivity index (χ2v) is 7.59. The molecule has 1 amide bonds. The number of carbonyl (C=O) groups is 3. The summed E-state index contributed by atoms with van der Waals surface area (Å²) in [5.41, 5.74) is 1.21. The van der Waals surface area contributed by atoms with Gasteiger partial charge in [-0.25, -0.2) is 4.79 Å². The molecule has 0 bridgehead atoms. The van der Waals surface area contributed by atoms with Gasteiger partial charge in [-0.05, 0) is 32.1 Å². The first-order chi connectivity index (χ1) is 13.2. The minimum Gasteiger partial charge on any atom is -0.507 e. The van der Waals surface area contributed by atoms with Crippen molar-refractivity contribution in [1.29, 1.82) is 0 Å². The van der Waals surface area contributed by atoms with Crippen molar-refractivity contribution in [3.05, 3.63) is 28.7 Å². The maximum absolute atomic E-state index is 12.6. The summed E-state index contributed by atoms with van der Waals surface area (Å²) in [7, 11) is 0. The summed E-state index contributed by atoms with van der Waals surface area (Å²) >= 11 is 5.95. The van der Waals surface area contributed by atoms with Gasteiger partial charge in [-0.15, -0.1) is 0 Å². The van der Waals surface area contributed by atoms with Gasteiger partial charge in [-0.1, -0.05) is 24.0 Å². The summed E-state index contributed by atoms with van der Waals surface area (Å²) in [6.45, 7) is 5.54. The number of carbonyl (C=O) groups excluding carboxylic acids is 1. The van der Waals surface area contributed by atoms with Crippen LogP contribution in [-0.4, -0.2) is 61.5 Å². The van der Waals surface area contributed by atoms with Gasteiger partial charge in [0, 0.05) is 30.4 Å². The number of amides is 1. The van der Waals surface area contributed by atoms with Crippen molar-refractivity contribution in [2.45, 2.75) is 26.3 Å². The van der Waals surface area contributed by atoms with E-state index in [-0.39, 0.29) is 15.0 Å². The Hall–Kier alpha value is -2.59. The van der Waals surface area contributed by atoms with E-state index in [1.54, 1.807) is 12.1 Å². The van der Waals surface area contributed by atoms with Crippen LogP contribution in [0.15, 0.2) is 23.1 Å². The van der Waals surface area contributed by atoms with Crippen LogP contribution in [0.25, 0.3) is 6.08 Å². The van der Waals surface area contributed by atoms with E-state index in [1.807, 2.05) is 24.8 Å². The Labute approximate surface area is 171 Å². The first-order valence-electron chi connectivity index (χ1n) is 8.49. The number of hydrogen-bond acceptors (Lipinski definition) is 7. The Balaban J connectivity index is 2.33. The number of thioether (sulfide) groups is 1. The highest BCUT2D eigenvalue weighted by molar-refractivity contribution is 8.26. The summed E-state index contributed by atoms with van der Waals surface area (Å²) in [5, 5.41) is 28.5. The number of nitrogens with zero attached hydrogens (tertiary/aromatic N) is 2. The van der Waals surface area contributed by atoms with Gasteiger partial charge in [-0.2, -0.15) is 0 Å². The number of carboxylic acids is 2. The van der Waals surface area contributed by atoms with Gasteiger partial charge in [0.25, 0.3) is 5.91 Å². The molecule has 0 saturated carbocycles. The van der Waals surface area contributed by atoms with Crippen LogP contribution in [0.1, 0.15) is 25.8 Å². The van der Waals surface area contributed by atoms with Crippen LogP contribution in [0.5, 0.6) is 5.75 Å². The second-order valence-electron chi connectivity index (χ2n) is 5.92. The number of rotatable bonds is 8. The number of benzene rings is 1. The molecule has 0 radical (unpaired) electrons. The van der Waals surface area contributed by atoms with E-state index >= 15 is 0 Å². The SMILES string of the molecule is CCN(CC)c1ccc(/C=C2\SC(=S)N(C(CC(=O)O)C(=O)O)C2=O)c(O)c1. The van der Waals surface area contributed by atoms with Crippen molar-refractivity contribution < 1.29 is 29.7 Å². The summed E-state index contributed by atoms with van der Waals surface area (Å²) in [6.07, 6.45) is 0.652. The third kappa shape index (κ3) is 4.63. The number of carboxylic acid groups (broad SMARTS) is 2. The molecule has 1 aromatic rings. The summed E-state index contributed by atoms with van der Waals surface area (Å²) < 4.78 is -0.0378. The van der Waals surface area contributed by atoms with Crippen molar-refractivity contribution >= 4 is 57.9 Å². The minimum atomic E-state index is -1.59. The third-order valence-corrected chi connectivity index (χ3v) is 5.55. The Bertz CT molecular complexity index is 850. The molecular formula is C18H20N2O6S2. The normalized spacial score (nSPS) is 16.5. The van der Waals surface area contributed by atoms with Gasteiger partial charge in [0.2, 0.25) is 0 Å². The number of phenolic OH excluding ortho intramolecular Hbond substituents is 1. The first-order valence-corrected chi connectivity index (χ1v) is 9.71. The summed E-state index contributed by atoms with van der Waals surface area (Å²) in [5.74, 6) is -3.53. The second kappa shape index (κ2) is 9.07. The zero-order valence-electron chi connectivity index (χ0n) is 15.3. The van der Waals surface area contributed by atoms with Gasteiger partial charge in [0.1, 0.15) is 16.1 Å². The molecular weight excluding hydrogens is 404 g/mol. The van der Waals surface area contributed by atoms with Crippen LogP contribution in [0.2, 0.25) is 0 Å². The van der Waals surface area contributed by atoms with Gasteiger partial charge >= 0.3 is 11.9 Å². The van der Waals surface area contributed by atoms with E-state index < -0.39 is 30.3 Å². The minimum absolute atomic E-state index is 0.0324. The Morgan fingerprint density at radius 1 is 1.29 bits per heavy atom. The van der Waals surface area contributed by atoms with E-state index in [4.69, 9.17) is 17.3 Å². The molecule has 1 saturated heterocycles. The number of phenols is 1. The van der Waals surface area contributed by atoms with Crippen LogP contribution in [-0.2, 0) is 14.4 Å². The molecule has 0 aromatic heterocycles. The highest BCUT2D eigenvalue weighted by atomic mass is 32.2. The van der Waals surface area contributed by atoms with Gasteiger partial charge in [0.15, 0.2) is 0 Å². The van der Waals surface area contributed by atoms with Gasteiger partial charge in [0.05, 0.1) is 11.3 Å². The lowest BCUT2D eigenvalue weighted by molar-refractivity contribution is -0.150. The van der Waals surface area contributed by atoms with Crippen molar-refractivity contribution in [1.82, 2.24) is 4.90 Å². The largest absolute Gasteiger partial charge is 0.507 e. The van der Waals surface area contributed by atoms with E-state index in [0.29, 0.717) is 5.56 Å². The molecule has 1 unspecified atom stereocenters. The fourth-order valence-corrected chi connectivity index (χ4v) is 4.13. The van der Waals surface area contributed by atoms with E-state index in [2.05, 4.69) is 0 Å². The molecule has 28 heavy (non-hydrogen) atoms. The predicted molar refractivity (Wildman–Crippen MR) is 110 cm³/mol. The Morgan fingerprint density at radius 2 is 1.93 bits per heavy atom. The lowest BCUT2D eigenvalue weighted by Gasteiger charge is -2.21.